The Morgan fingerprint density at radius 3 is 1.81 bits per heavy atom. The van der Waals surface area contributed by atoms with Gasteiger partial charge >= 0.3 is 0 Å². The SMILES string of the molecule is C=C(C)C(=O)NC1(c2ccccc2)c2ccccc2CCc2ccccc21. The van der Waals surface area contributed by atoms with E-state index >= 15 is 0 Å². The van der Waals surface area contributed by atoms with E-state index in [1.807, 2.05) is 18.2 Å². The molecule has 0 heterocycles. The first-order valence-electron chi connectivity index (χ1n) is 9.33. The van der Waals surface area contributed by atoms with Crippen LogP contribution in [-0.2, 0) is 23.2 Å². The van der Waals surface area contributed by atoms with Crippen molar-refractivity contribution >= 4 is 5.91 Å². The Labute approximate surface area is 160 Å². The molecule has 134 valence electrons. The van der Waals surface area contributed by atoms with E-state index in [4.69, 9.17) is 0 Å². The summed E-state index contributed by atoms with van der Waals surface area (Å²) >= 11 is 0. The molecule has 0 spiro atoms. The maximum atomic E-state index is 12.9. The number of nitrogens with one attached hydrogen (secondary N) is 1. The summed E-state index contributed by atoms with van der Waals surface area (Å²) in [7, 11) is 0. The van der Waals surface area contributed by atoms with E-state index in [2.05, 4.69) is 72.6 Å². The van der Waals surface area contributed by atoms with Crippen LogP contribution in [0.4, 0.5) is 0 Å². The molecule has 2 heteroatoms. The third kappa shape index (κ3) is 2.87. The van der Waals surface area contributed by atoms with E-state index in [0.717, 1.165) is 29.5 Å². The van der Waals surface area contributed by atoms with Crippen LogP contribution in [0, 0.1) is 0 Å². The largest absolute Gasteiger partial charge is 0.335 e. The van der Waals surface area contributed by atoms with Crippen LogP contribution in [0.1, 0.15) is 34.7 Å². The van der Waals surface area contributed by atoms with Gasteiger partial charge in [-0.15, -0.1) is 0 Å². The Morgan fingerprint density at radius 2 is 1.30 bits per heavy atom. The summed E-state index contributed by atoms with van der Waals surface area (Å²) in [5.41, 5.74) is 5.62. The van der Waals surface area contributed by atoms with Crippen LogP contribution in [0.3, 0.4) is 0 Å². The first kappa shape index (κ1) is 17.3. The molecule has 0 radical (unpaired) electrons. The van der Waals surface area contributed by atoms with E-state index in [0.29, 0.717) is 5.57 Å². The second kappa shape index (κ2) is 6.88. The van der Waals surface area contributed by atoms with Gasteiger partial charge in [0.05, 0.1) is 0 Å². The highest BCUT2D eigenvalue weighted by Gasteiger charge is 2.42. The topological polar surface area (TPSA) is 29.1 Å². The zero-order chi connectivity index (χ0) is 18.9. The maximum Gasteiger partial charge on any atom is 0.247 e. The lowest BCUT2D eigenvalue weighted by atomic mass is 9.75. The van der Waals surface area contributed by atoms with Gasteiger partial charge < -0.3 is 5.32 Å². The van der Waals surface area contributed by atoms with E-state index < -0.39 is 5.54 Å². The summed E-state index contributed by atoms with van der Waals surface area (Å²) < 4.78 is 0. The molecule has 0 fully saturated rings. The molecule has 3 aromatic rings. The summed E-state index contributed by atoms with van der Waals surface area (Å²) in [6, 6.07) is 27.1. The van der Waals surface area contributed by atoms with Crippen LogP contribution >= 0.6 is 0 Å². The third-order valence-corrected chi connectivity index (χ3v) is 5.40. The summed E-state index contributed by atoms with van der Waals surface area (Å²) in [5.74, 6) is -0.134. The van der Waals surface area contributed by atoms with Crippen molar-refractivity contribution in [3.05, 3.63) is 119 Å². The van der Waals surface area contributed by atoms with E-state index in [9.17, 15) is 4.79 Å². The zero-order valence-electron chi connectivity index (χ0n) is 15.5. The predicted octanol–water partition coefficient (Wildman–Crippen LogP) is 4.77. The fourth-order valence-corrected chi connectivity index (χ4v) is 4.11. The van der Waals surface area contributed by atoms with Gasteiger partial charge in [-0.2, -0.15) is 0 Å². The number of amides is 1. The van der Waals surface area contributed by atoms with Gasteiger partial charge in [-0.25, -0.2) is 0 Å². The highest BCUT2D eigenvalue weighted by atomic mass is 16.1. The van der Waals surface area contributed by atoms with Crippen molar-refractivity contribution in [1.82, 2.24) is 5.32 Å². The maximum absolute atomic E-state index is 12.9. The Morgan fingerprint density at radius 1 is 0.815 bits per heavy atom. The number of rotatable bonds is 3. The number of benzene rings is 3. The fraction of sp³-hybridized carbons (Fsp3) is 0.160. The Balaban J connectivity index is 2.10. The van der Waals surface area contributed by atoms with Gasteiger partial charge in [0.1, 0.15) is 5.54 Å². The molecule has 1 amide bonds. The van der Waals surface area contributed by atoms with E-state index in [1.54, 1.807) is 6.92 Å². The number of hydrogen-bond acceptors (Lipinski definition) is 1. The predicted molar refractivity (Wildman–Crippen MR) is 110 cm³/mol. The van der Waals surface area contributed by atoms with Crippen LogP contribution in [-0.4, -0.2) is 5.91 Å². The quantitative estimate of drug-likeness (QED) is 0.675. The van der Waals surface area contributed by atoms with E-state index in [-0.39, 0.29) is 5.91 Å². The first-order valence-corrected chi connectivity index (χ1v) is 9.33. The molecule has 0 aliphatic heterocycles. The fourth-order valence-electron chi connectivity index (χ4n) is 4.11. The van der Waals surface area contributed by atoms with Crippen LogP contribution in [0.15, 0.2) is 91.0 Å². The molecular formula is C25H23NO. The van der Waals surface area contributed by atoms with Gasteiger partial charge in [0.25, 0.3) is 0 Å². The number of aryl methyl sites for hydroxylation is 2. The third-order valence-electron chi connectivity index (χ3n) is 5.40. The molecule has 1 aliphatic rings. The molecule has 1 aliphatic carbocycles. The second-order valence-electron chi connectivity index (χ2n) is 7.16. The van der Waals surface area contributed by atoms with Crippen LogP contribution in [0.5, 0.6) is 0 Å². The van der Waals surface area contributed by atoms with Crippen molar-refractivity contribution in [3.63, 3.8) is 0 Å². The molecule has 0 aromatic heterocycles. The summed E-state index contributed by atoms with van der Waals surface area (Å²) in [6.07, 6.45) is 1.90. The van der Waals surface area contributed by atoms with Crippen molar-refractivity contribution < 1.29 is 4.79 Å². The molecule has 4 rings (SSSR count). The summed E-state index contributed by atoms with van der Waals surface area (Å²) in [6.45, 7) is 5.62. The van der Waals surface area contributed by atoms with Gasteiger partial charge in [-0.1, -0.05) is 85.4 Å². The summed E-state index contributed by atoms with van der Waals surface area (Å²) in [4.78, 5) is 12.9. The highest BCUT2D eigenvalue weighted by Crippen LogP contribution is 2.42. The van der Waals surface area contributed by atoms with Crippen LogP contribution in [0.25, 0.3) is 0 Å². The Bertz CT molecular complexity index is 956. The molecule has 0 atom stereocenters. The minimum absolute atomic E-state index is 0.134. The molecule has 0 saturated heterocycles. The Kier molecular flexibility index (Phi) is 4.41. The summed E-state index contributed by atoms with van der Waals surface area (Å²) in [5, 5.41) is 3.36. The van der Waals surface area contributed by atoms with E-state index in [1.165, 1.54) is 11.1 Å². The normalized spacial score (nSPS) is 14.4. The second-order valence-corrected chi connectivity index (χ2v) is 7.16. The highest BCUT2D eigenvalue weighted by molar-refractivity contribution is 5.93. The lowest BCUT2D eigenvalue weighted by molar-refractivity contribution is -0.118. The van der Waals surface area contributed by atoms with Crippen molar-refractivity contribution in [2.75, 3.05) is 0 Å². The average Bonchev–Trinajstić information content (AvgIpc) is 2.85. The molecule has 27 heavy (non-hydrogen) atoms. The molecular weight excluding hydrogens is 330 g/mol. The standard InChI is InChI=1S/C25H23NO/c1-18(2)24(27)26-25(21-12-4-3-5-13-21)22-14-8-6-10-19(22)16-17-20-11-7-9-15-23(20)25/h3-15H,1,16-17H2,2H3,(H,26,27). The van der Waals surface area contributed by atoms with Crippen molar-refractivity contribution in [1.29, 1.82) is 0 Å². The van der Waals surface area contributed by atoms with Crippen molar-refractivity contribution in [3.8, 4) is 0 Å². The zero-order valence-corrected chi connectivity index (χ0v) is 15.5. The lowest BCUT2D eigenvalue weighted by Gasteiger charge is -2.38. The molecule has 0 bridgehead atoms. The molecule has 0 saturated carbocycles. The smallest absolute Gasteiger partial charge is 0.247 e. The number of carbonyl (C=O) groups is 1. The molecule has 3 aromatic carbocycles. The number of hydrogen-bond donors (Lipinski definition) is 1. The van der Waals surface area contributed by atoms with Crippen LogP contribution < -0.4 is 5.32 Å². The minimum atomic E-state index is -0.735. The molecule has 2 nitrogen and oxygen atoms in total. The van der Waals surface area contributed by atoms with Crippen molar-refractivity contribution in [2.45, 2.75) is 25.3 Å². The van der Waals surface area contributed by atoms with Crippen LogP contribution in [0.2, 0.25) is 0 Å². The number of fused-ring (bicyclic) bond motifs is 2. The number of carbonyl (C=O) groups excluding carboxylic acids is 1. The van der Waals surface area contributed by atoms with Gasteiger partial charge in [0.2, 0.25) is 5.91 Å². The van der Waals surface area contributed by atoms with Gasteiger partial charge in [0.15, 0.2) is 0 Å². The van der Waals surface area contributed by atoms with Gasteiger partial charge in [-0.3, -0.25) is 4.79 Å². The molecule has 1 N–H and O–H groups in total. The minimum Gasteiger partial charge on any atom is -0.335 e. The monoisotopic (exact) mass is 353 g/mol. The first-order chi connectivity index (χ1) is 13.1. The van der Waals surface area contributed by atoms with Crippen molar-refractivity contribution in [2.24, 2.45) is 0 Å². The molecule has 0 unspecified atom stereocenters. The average molecular weight is 353 g/mol. The van der Waals surface area contributed by atoms with Gasteiger partial charge in [0, 0.05) is 5.57 Å². The lowest BCUT2D eigenvalue weighted by Crippen LogP contribution is -2.48. The van der Waals surface area contributed by atoms with Gasteiger partial charge in [-0.05, 0) is 47.6 Å². The Hall–Kier alpha value is -3.13.